The SMILES string of the molecule is CN(CCO)c1ccc2c(c1)N(C)C(=O)C2=O. The first-order valence-electron chi connectivity index (χ1n) is 5.34. The number of likely N-dealkylation sites (N-methyl/N-ethyl adjacent to an activating group) is 2. The fourth-order valence-corrected chi connectivity index (χ4v) is 1.88. The summed E-state index contributed by atoms with van der Waals surface area (Å²) in [6.45, 7) is 0.561. The lowest BCUT2D eigenvalue weighted by molar-refractivity contribution is -0.114. The summed E-state index contributed by atoms with van der Waals surface area (Å²) >= 11 is 0. The second-order valence-corrected chi connectivity index (χ2v) is 4.04. The summed E-state index contributed by atoms with van der Waals surface area (Å²) < 4.78 is 0. The van der Waals surface area contributed by atoms with Gasteiger partial charge in [0.15, 0.2) is 0 Å². The van der Waals surface area contributed by atoms with E-state index in [9.17, 15) is 9.59 Å². The van der Waals surface area contributed by atoms with Gasteiger partial charge in [-0.1, -0.05) is 0 Å². The Kier molecular flexibility index (Phi) is 2.85. The summed E-state index contributed by atoms with van der Waals surface area (Å²) in [5.74, 6) is -0.958. The number of nitrogens with zero attached hydrogens (tertiary/aromatic N) is 2. The maximum atomic E-state index is 11.6. The standard InChI is InChI=1S/C12H14N2O3/c1-13(5-6-15)8-3-4-9-10(7-8)14(2)12(17)11(9)16/h3-4,7,15H,5-6H2,1-2H3. The number of amides is 1. The number of benzene rings is 1. The van der Waals surface area contributed by atoms with E-state index >= 15 is 0 Å². The molecule has 1 heterocycles. The first-order chi connectivity index (χ1) is 8.06. The highest BCUT2D eigenvalue weighted by Gasteiger charge is 2.33. The zero-order chi connectivity index (χ0) is 12.6. The van der Waals surface area contributed by atoms with Gasteiger partial charge in [0.2, 0.25) is 0 Å². The molecule has 1 aromatic carbocycles. The van der Waals surface area contributed by atoms with Crippen LogP contribution in [0, 0.1) is 0 Å². The van der Waals surface area contributed by atoms with Crippen LogP contribution in [0.1, 0.15) is 10.4 Å². The minimum absolute atomic E-state index is 0.0568. The molecule has 1 aliphatic heterocycles. The second-order valence-electron chi connectivity index (χ2n) is 4.04. The normalized spacial score (nSPS) is 14.2. The molecule has 17 heavy (non-hydrogen) atoms. The lowest BCUT2D eigenvalue weighted by atomic mass is 10.1. The van der Waals surface area contributed by atoms with Crippen LogP contribution in [0.4, 0.5) is 11.4 Å². The Morgan fingerprint density at radius 3 is 2.71 bits per heavy atom. The Morgan fingerprint density at radius 2 is 2.06 bits per heavy atom. The lowest BCUT2D eigenvalue weighted by Gasteiger charge is -2.19. The quantitative estimate of drug-likeness (QED) is 0.763. The Bertz CT molecular complexity index is 485. The van der Waals surface area contributed by atoms with Crippen LogP contribution in [0.15, 0.2) is 18.2 Å². The smallest absolute Gasteiger partial charge is 0.299 e. The van der Waals surface area contributed by atoms with E-state index < -0.39 is 11.7 Å². The number of rotatable bonds is 3. The summed E-state index contributed by atoms with van der Waals surface area (Å²) in [7, 11) is 3.43. The van der Waals surface area contributed by atoms with Crippen molar-refractivity contribution in [3.8, 4) is 0 Å². The van der Waals surface area contributed by atoms with Crippen molar-refractivity contribution in [1.82, 2.24) is 0 Å². The third kappa shape index (κ3) is 1.78. The van der Waals surface area contributed by atoms with E-state index in [4.69, 9.17) is 5.11 Å². The van der Waals surface area contributed by atoms with Crippen LogP contribution in [-0.2, 0) is 4.79 Å². The molecule has 0 aliphatic carbocycles. The molecule has 90 valence electrons. The lowest BCUT2D eigenvalue weighted by Crippen LogP contribution is -2.25. The minimum Gasteiger partial charge on any atom is -0.395 e. The van der Waals surface area contributed by atoms with Gasteiger partial charge in [-0.05, 0) is 18.2 Å². The molecule has 0 unspecified atom stereocenters. The average molecular weight is 234 g/mol. The molecule has 0 atom stereocenters. The molecule has 2 rings (SSSR count). The summed E-state index contributed by atoms with van der Waals surface area (Å²) in [6, 6.07) is 5.22. The van der Waals surface area contributed by atoms with Crippen molar-refractivity contribution < 1.29 is 14.7 Å². The first-order valence-corrected chi connectivity index (χ1v) is 5.34. The third-order valence-electron chi connectivity index (χ3n) is 2.96. The van der Waals surface area contributed by atoms with Gasteiger partial charge in [0, 0.05) is 26.3 Å². The van der Waals surface area contributed by atoms with Crippen LogP contribution in [0.3, 0.4) is 0 Å². The number of hydrogen-bond acceptors (Lipinski definition) is 4. The maximum Gasteiger partial charge on any atom is 0.299 e. The molecule has 0 fully saturated rings. The van der Waals surface area contributed by atoms with E-state index in [0.29, 0.717) is 17.8 Å². The van der Waals surface area contributed by atoms with Crippen molar-refractivity contribution >= 4 is 23.1 Å². The summed E-state index contributed by atoms with van der Waals surface area (Å²) in [6.07, 6.45) is 0. The molecule has 0 saturated heterocycles. The molecule has 0 aromatic heterocycles. The molecular formula is C12H14N2O3. The largest absolute Gasteiger partial charge is 0.395 e. The van der Waals surface area contributed by atoms with Gasteiger partial charge in [-0.3, -0.25) is 9.59 Å². The van der Waals surface area contributed by atoms with Crippen LogP contribution >= 0.6 is 0 Å². The summed E-state index contributed by atoms with van der Waals surface area (Å²) in [4.78, 5) is 26.3. The monoisotopic (exact) mass is 234 g/mol. The highest BCUT2D eigenvalue weighted by Crippen LogP contribution is 2.31. The Morgan fingerprint density at radius 1 is 1.35 bits per heavy atom. The van der Waals surface area contributed by atoms with Gasteiger partial charge in [0.1, 0.15) is 0 Å². The highest BCUT2D eigenvalue weighted by atomic mass is 16.3. The molecule has 0 spiro atoms. The number of fused-ring (bicyclic) bond motifs is 1. The van der Waals surface area contributed by atoms with Gasteiger partial charge in [0.05, 0.1) is 17.9 Å². The average Bonchev–Trinajstić information content (AvgIpc) is 2.55. The van der Waals surface area contributed by atoms with E-state index in [-0.39, 0.29) is 6.61 Å². The van der Waals surface area contributed by atoms with Crippen molar-refractivity contribution in [1.29, 1.82) is 0 Å². The molecule has 1 aromatic rings. The minimum atomic E-state index is -0.498. The number of anilines is 2. The molecular weight excluding hydrogens is 220 g/mol. The summed E-state index contributed by atoms with van der Waals surface area (Å²) in [5, 5.41) is 8.87. The fourth-order valence-electron chi connectivity index (χ4n) is 1.88. The number of carbonyl (C=O) groups excluding carboxylic acids is 2. The van der Waals surface area contributed by atoms with Gasteiger partial charge in [-0.25, -0.2) is 0 Å². The highest BCUT2D eigenvalue weighted by molar-refractivity contribution is 6.52. The van der Waals surface area contributed by atoms with E-state index in [2.05, 4.69) is 0 Å². The van der Waals surface area contributed by atoms with Crippen molar-refractivity contribution in [3.63, 3.8) is 0 Å². The van der Waals surface area contributed by atoms with Gasteiger partial charge in [-0.2, -0.15) is 0 Å². The molecule has 0 saturated carbocycles. The van der Waals surface area contributed by atoms with Gasteiger partial charge >= 0.3 is 0 Å². The molecule has 1 amide bonds. The van der Waals surface area contributed by atoms with Crippen LogP contribution in [0.25, 0.3) is 0 Å². The van der Waals surface area contributed by atoms with Gasteiger partial charge < -0.3 is 14.9 Å². The van der Waals surface area contributed by atoms with E-state index in [1.165, 1.54) is 4.90 Å². The number of aliphatic hydroxyl groups excluding tert-OH is 1. The first kappa shape index (κ1) is 11.6. The third-order valence-corrected chi connectivity index (χ3v) is 2.96. The molecule has 5 heteroatoms. The van der Waals surface area contributed by atoms with Crippen molar-refractivity contribution in [2.45, 2.75) is 0 Å². The van der Waals surface area contributed by atoms with Gasteiger partial charge in [-0.15, -0.1) is 0 Å². The number of Topliss-reactive ketones (excluding diaryl/α,β-unsaturated/α-hetero) is 1. The fraction of sp³-hybridized carbons (Fsp3) is 0.333. The number of carbonyl (C=O) groups is 2. The predicted molar refractivity (Wildman–Crippen MR) is 64.5 cm³/mol. The van der Waals surface area contributed by atoms with Crippen LogP contribution in [-0.4, -0.2) is 44.0 Å². The molecule has 0 bridgehead atoms. The number of ketones is 1. The van der Waals surface area contributed by atoms with Crippen molar-refractivity contribution in [2.75, 3.05) is 37.0 Å². The maximum absolute atomic E-state index is 11.6. The second kappa shape index (κ2) is 4.18. The Labute approximate surface area is 99.3 Å². The number of aliphatic hydroxyl groups is 1. The van der Waals surface area contributed by atoms with Crippen LogP contribution < -0.4 is 9.80 Å². The van der Waals surface area contributed by atoms with E-state index in [1.54, 1.807) is 25.2 Å². The summed E-state index contributed by atoms with van der Waals surface area (Å²) in [5.41, 5.74) is 1.94. The van der Waals surface area contributed by atoms with Crippen molar-refractivity contribution in [3.05, 3.63) is 23.8 Å². The molecule has 5 nitrogen and oxygen atoms in total. The van der Waals surface area contributed by atoms with E-state index in [0.717, 1.165) is 5.69 Å². The zero-order valence-corrected chi connectivity index (χ0v) is 9.80. The molecule has 1 aliphatic rings. The Hall–Kier alpha value is -1.88. The van der Waals surface area contributed by atoms with Crippen LogP contribution in [0.5, 0.6) is 0 Å². The van der Waals surface area contributed by atoms with E-state index in [1.807, 2.05) is 11.9 Å². The topological polar surface area (TPSA) is 60.9 Å². The Balaban J connectivity index is 2.39. The number of hydrogen-bond donors (Lipinski definition) is 1. The van der Waals surface area contributed by atoms with Gasteiger partial charge in [0.25, 0.3) is 11.7 Å². The molecule has 1 N–H and O–H groups in total. The molecule has 0 radical (unpaired) electrons. The van der Waals surface area contributed by atoms with Crippen molar-refractivity contribution in [2.24, 2.45) is 0 Å². The predicted octanol–water partition coefficient (Wildman–Crippen LogP) is 0.274. The van der Waals surface area contributed by atoms with Crippen LogP contribution in [0.2, 0.25) is 0 Å². The zero-order valence-electron chi connectivity index (χ0n) is 9.80.